The number of imide groups is 1. The van der Waals surface area contributed by atoms with E-state index in [1.165, 1.54) is 13.3 Å². The Labute approximate surface area is 68.2 Å². The number of rotatable bonds is 1. The maximum atomic E-state index is 10.3. The summed E-state index contributed by atoms with van der Waals surface area (Å²) in [5.41, 5.74) is 0. The molecular weight excluding hydrogens is 142 g/mol. The smallest absolute Gasteiger partial charge is 0.226 e. The summed E-state index contributed by atoms with van der Waals surface area (Å²) < 4.78 is 0. The maximum absolute atomic E-state index is 10.3. The zero-order valence-electron chi connectivity index (χ0n) is 7.73. The van der Waals surface area contributed by atoms with Crippen molar-refractivity contribution in [2.24, 2.45) is 0 Å². The number of nitrogens with one attached hydrogen (secondary N) is 1. The highest BCUT2D eigenvalue weighted by Gasteiger charge is 1.96. The zero-order chi connectivity index (χ0) is 9.28. The van der Waals surface area contributed by atoms with E-state index in [1.54, 1.807) is 6.92 Å². The van der Waals surface area contributed by atoms with Crippen LogP contribution in [-0.4, -0.2) is 11.8 Å². The van der Waals surface area contributed by atoms with E-state index in [0.717, 1.165) is 0 Å². The largest absolute Gasteiger partial charge is 0.297 e. The molecule has 66 valence electrons. The number of hydrogen-bond donors (Lipinski definition) is 1. The minimum Gasteiger partial charge on any atom is -0.297 e. The molecule has 2 amide bonds. The molecular formula is C8H17NO2. The summed E-state index contributed by atoms with van der Waals surface area (Å²) in [4.78, 5) is 20.4. The fourth-order valence-electron chi connectivity index (χ4n) is 0.285. The molecule has 11 heavy (non-hydrogen) atoms. The first kappa shape index (κ1) is 12.8. The van der Waals surface area contributed by atoms with E-state index in [2.05, 4.69) is 19.2 Å². The van der Waals surface area contributed by atoms with Gasteiger partial charge in [0, 0.05) is 13.3 Å². The first-order chi connectivity index (χ1) is 5.08. The third-order valence-corrected chi connectivity index (χ3v) is 0.637. The van der Waals surface area contributed by atoms with Crippen molar-refractivity contribution in [2.75, 3.05) is 0 Å². The fraction of sp³-hybridized carbons (Fsp3) is 0.750. The van der Waals surface area contributed by atoms with Gasteiger partial charge in [0.05, 0.1) is 0 Å². The molecule has 3 heteroatoms. The van der Waals surface area contributed by atoms with Crippen LogP contribution in [0.5, 0.6) is 0 Å². The molecule has 0 aromatic heterocycles. The first-order valence-corrected chi connectivity index (χ1v) is 3.88. The van der Waals surface area contributed by atoms with E-state index in [9.17, 15) is 9.59 Å². The third-order valence-electron chi connectivity index (χ3n) is 0.637. The number of amides is 2. The summed E-state index contributed by atoms with van der Waals surface area (Å²) in [5, 5.41) is 2.11. The van der Waals surface area contributed by atoms with Crippen LogP contribution in [-0.2, 0) is 9.59 Å². The lowest BCUT2D eigenvalue weighted by Crippen LogP contribution is -2.26. The van der Waals surface area contributed by atoms with Gasteiger partial charge in [-0.15, -0.1) is 0 Å². The van der Waals surface area contributed by atoms with Gasteiger partial charge in [-0.3, -0.25) is 14.9 Å². The van der Waals surface area contributed by atoms with Crippen molar-refractivity contribution in [1.29, 1.82) is 0 Å². The van der Waals surface area contributed by atoms with E-state index in [-0.39, 0.29) is 11.8 Å². The van der Waals surface area contributed by atoms with Crippen LogP contribution in [0.4, 0.5) is 0 Å². The van der Waals surface area contributed by atoms with Gasteiger partial charge in [0.25, 0.3) is 0 Å². The van der Waals surface area contributed by atoms with Gasteiger partial charge in [-0.25, -0.2) is 0 Å². The Kier molecular flexibility index (Phi) is 10.6. The molecule has 0 bridgehead atoms. The van der Waals surface area contributed by atoms with Gasteiger partial charge in [-0.1, -0.05) is 27.2 Å². The fourth-order valence-corrected chi connectivity index (χ4v) is 0.285. The molecule has 0 heterocycles. The molecule has 0 aliphatic rings. The summed E-state index contributed by atoms with van der Waals surface area (Å²) in [6.45, 7) is 7.26. The summed E-state index contributed by atoms with van der Waals surface area (Å²) >= 11 is 0. The second-order valence-electron chi connectivity index (χ2n) is 2.17. The van der Waals surface area contributed by atoms with Crippen LogP contribution >= 0.6 is 0 Å². The molecule has 1 N–H and O–H groups in total. The predicted octanol–water partition coefficient (Wildman–Crippen LogP) is 1.48. The molecule has 0 unspecified atom stereocenters. The molecule has 0 rings (SSSR count). The normalized spacial score (nSPS) is 7.64. The molecule has 0 aromatic carbocycles. The average molecular weight is 159 g/mol. The highest BCUT2D eigenvalue weighted by Crippen LogP contribution is 1.72. The third kappa shape index (κ3) is 17.6. The molecule has 0 atom stereocenters. The minimum absolute atomic E-state index is 0.225. The van der Waals surface area contributed by atoms with Crippen molar-refractivity contribution in [3.05, 3.63) is 0 Å². The van der Waals surface area contributed by atoms with Gasteiger partial charge in [0.2, 0.25) is 11.8 Å². The molecule has 0 fully saturated rings. The molecule has 0 aliphatic carbocycles. The standard InChI is InChI=1S/C5H9NO2.C3H8/c1-3-5(8)6-4(2)7;1-3-2/h3H2,1-2H3,(H,6,7,8);3H2,1-2H3. The highest BCUT2D eigenvalue weighted by atomic mass is 16.2. The van der Waals surface area contributed by atoms with E-state index in [1.807, 2.05) is 0 Å². The lowest BCUT2D eigenvalue weighted by atomic mass is 10.4. The molecule has 0 aromatic rings. The number of carbonyl (C=O) groups is 2. The van der Waals surface area contributed by atoms with Crippen molar-refractivity contribution in [1.82, 2.24) is 5.32 Å². The lowest BCUT2D eigenvalue weighted by Gasteiger charge is -1.92. The molecule has 0 aliphatic heterocycles. The second kappa shape index (κ2) is 9.14. The Balaban J connectivity index is 0. The van der Waals surface area contributed by atoms with Crippen molar-refractivity contribution in [3.63, 3.8) is 0 Å². The van der Waals surface area contributed by atoms with Crippen LogP contribution in [0.15, 0.2) is 0 Å². The van der Waals surface area contributed by atoms with Gasteiger partial charge in [-0.2, -0.15) is 0 Å². The van der Waals surface area contributed by atoms with Crippen LogP contribution in [0.25, 0.3) is 0 Å². The lowest BCUT2D eigenvalue weighted by molar-refractivity contribution is -0.129. The van der Waals surface area contributed by atoms with Gasteiger partial charge in [0.1, 0.15) is 0 Å². The van der Waals surface area contributed by atoms with Gasteiger partial charge in [0.15, 0.2) is 0 Å². The van der Waals surface area contributed by atoms with E-state index >= 15 is 0 Å². The van der Waals surface area contributed by atoms with Crippen molar-refractivity contribution < 1.29 is 9.59 Å². The Bertz CT molecular complexity index is 121. The van der Waals surface area contributed by atoms with Crippen LogP contribution in [0, 0.1) is 0 Å². The Hall–Kier alpha value is -0.860. The summed E-state index contributed by atoms with van der Waals surface area (Å²) in [7, 11) is 0. The van der Waals surface area contributed by atoms with E-state index in [0.29, 0.717) is 6.42 Å². The molecule has 0 saturated heterocycles. The van der Waals surface area contributed by atoms with Crippen molar-refractivity contribution in [3.8, 4) is 0 Å². The van der Waals surface area contributed by atoms with Crippen molar-refractivity contribution >= 4 is 11.8 Å². The second-order valence-corrected chi connectivity index (χ2v) is 2.17. The van der Waals surface area contributed by atoms with Crippen molar-refractivity contribution in [2.45, 2.75) is 40.5 Å². The van der Waals surface area contributed by atoms with E-state index < -0.39 is 0 Å². The Morgan fingerprint density at radius 2 is 1.55 bits per heavy atom. The minimum atomic E-state index is -0.295. The van der Waals surface area contributed by atoms with Crippen LogP contribution in [0.1, 0.15) is 40.5 Å². The zero-order valence-corrected chi connectivity index (χ0v) is 7.73. The monoisotopic (exact) mass is 159 g/mol. The predicted molar refractivity (Wildman–Crippen MR) is 45.1 cm³/mol. The van der Waals surface area contributed by atoms with Gasteiger partial charge in [-0.05, 0) is 0 Å². The van der Waals surface area contributed by atoms with Crippen LogP contribution < -0.4 is 5.32 Å². The topological polar surface area (TPSA) is 46.2 Å². The number of hydrogen-bond acceptors (Lipinski definition) is 2. The number of carbonyl (C=O) groups excluding carboxylic acids is 2. The van der Waals surface area contributed by atoms with Crippen LogP contribution in [0.3, 0.4) is 0 Å². The van der Waals surface area contributed by atoms with Crippen LogP contribution in [0.2, 0.25) is 0 Å². The van der Waals surface area contributed by atoms with Gasteiger partial charge >= 0.3 is 0 Å². The summed E-state index contributed by atoms with van der Waals surface area (Å²) in [6.07, 6.45) is 1.61. The molecule has 0 spiro atoms. The Morgan fingerprint density at radius 3 is 1.64 bits per heavy atom. The quantitative estimate of drug-likeness (QED) is 0.629. The maximum Gasteiger partial charge on any atom is 0.226 e. The molecule has 0 saturated carbocycles. The Morgan fingerprint density at radius 1 is 1.18 bits per heavy atom. The SMILES string of the molecule is CCC.CCC(=O)NC(C)=O. The van der Waals surface area contributed by atoms with E-state index in [4.69, 9.17) is 0 Å². The highest BCUT2D eigenvalue weighted by molar-refractivity contribution is 5.93. The first-order valence-electron chi connectivity index (χ1n) is 3.88. The summed E-state index contributed by atoms with van der Waals surface area (Å²) in [6, 6.07) is 0. The average Bonchev–Trinajstić information content (AvgIpc) is 1.88. The summed E-state index contributed by atoms with van der Waals surface area (Å²) in [5.74, 6) is -0.519. The van der Waals surface area contributed by atoms with Gasteiger partial charge < -0.3 is 0 Å². The molecule has 0 radical (unpaired) electrons. The molecule has 3 nitrogen and oxygen atoms in total.